The number of carbonyl (C=O) groups excluding carboxylic acids is 2. The second kappa shape index (κ2) is 6.93. The first kappa shape index (κ1) is 16.3. The van der Waals surface area contributed by atoms with E-state index in [1.165, 1.54) is 31.2 Å². The minimum absolute atomic E-state index is 0.144. The van der Waals surface area contributed by atoms with Gasteiger partial charge in [0.05, 0.1) is 17.2 Å². The summed E-state index contributed by atoms with van der Waals surface area (Å²) in [5.41, 5.74) is 1.21. The quantitative estimate of drug-likeness (QED) is 0.860. The van der Waals surface area contributed by atoms with Crippen molar-refractivity contribution in [2.24, 2.45) is 0 Å². The van der Waals surface area contributed by atoms with Gasteiger partial charge in [-0.25, -0.2) is 4.79 Å². The summed E-state index contributed by atoms with van der Waals surface area (Å²) < 4.78 is 15.6. The summed E-state index contributed by atoms with van der Waals surface area (Å²) >= 11 is 0. The van der Waals surface area contributed by atoms with Crippen LogP contribution in [0.3, 0.4) is 0 Å². The normalized spacial score (nSPS) is 12.8. The molecule has 25 heavy (non-hydrogen) atoms. The van der Waals surface area contributed by atoms with Gasteiger partial charge in [-0.1, -0.05) is 0 Å². The van der Waals surface area contributed by atoms with Gasteiger partial charge >= 0.3 is 5.97 Å². The molecule has 2 aromatic rings. The fraction of sp³-hybridized carbons (Fsp3) is 0.167. The predicted octanol–water partition coefficient (Wildman–Crippen LogP) is 2.47. The van der Waals surface area contributed by atoms with Crippen LogP contribution in [0.15, 0.2) is 42.5 Å². The predicted molar refractivity (Wildman–Crippen MR) is 87.2 cm³/mol. The van der Waals surface area contributed by atoms with Crippen molar-refractivity contribution in [3.63, 3.8) is 0 Å². The van der Waals surface area contributed by atoms with Gasteiger partial charge in [-0.2, -0.15) is 5.26 Å². The van der Waals surface area contributed by atoms with Crippen LogP contribution >= 0.6 is 0 Å². The number of hydrogen-bond donors (Lipinski definition) is 1. The smallest absolute Gasteiger partial charge is 0.338 e. The van der Waals surface area contributed by atoms with Crippen molar-refractivity contribution in [2.45, 2.75) is 13.0 Å². The van der Waals surface area contributed by atoms with Gasteiger partial charge in [-0.3, -0.25) is 4.79 Å². The molecule has 2 aromatic carbocycles. The molecule has 1 aliphatic rings. The summed E-state index contributed by atoms with van der Waals surface area (Å²) in [5, 5.41) is 11.4. The summed E-state index contributed by atoms with van der Waals surface area (Å²) in [6.45, 7) is 1.62. The van der Waals surface area contributed by atoms with Crippen molar-refractivity contribution in [1.29, 1.82) is 5.26 Å². The van der Waals surface area contributed by atoms with Crippen molar-refractivity contribution in [1.82, 2.24) is 0 Å². The highest BCUT2D eigenvalue weighted by atomic mass is 16.7. The highest BCUT2D eigenvalue weighted by molar-refractivity contribution is 5.97. The number of anilines is 1. The second-order valence-corrected chi connectivity index (χ2v) is 5.29. The Morgan fingerprint density at radius 2 is 1.88 bits per heavy atom. The molecular weight excluding hydrogens is 324 g/mol. The maximum absolute atomic E-state index is 12.2. The summed E-state index contributed by atoms with van der Waals surface area (Å²) in [4.78, 5) is 24.2. The monoisotopic (exact) mass is 338 g/mol. The van der Waals surface area contributed by atoms with Crippen LogP contribution in [0.25, 0.3) is 0 Å². The van der Waals surface area contributed by atoms with Crippen LogP contribution in [0.5, 0.6) is 11.5 Å². The summed E-state index contributed by atoms with van der Waals surface area (Å²) in [6.07, 6.45) is -0.992. The number of nitriles is 1. The maximum atomic E-state index is 12.2. The molecule has 1 aliphatic heterocycles. The average Bonchev–Trinajstić information content (AvgIpc) is 3.09. The zero-order chi connectivity index (χ0) is 17.8. The van der Waals surface area contributed by atoms with Crippen molar-refractivity contribution in [2.75, 3.05) is 12.1 Å². The highest BCUT2D eigenvalue weighted by Gasteiger charge is 2.20. The maximum Gasteiger partial charge on any atom is 0.338 e. The van der Waals surface area contributed by atoms with Gasteiger partial charge in [0.15, 0.2) is 17.6 Å². The lowest BCUT2D eigenvalue weighted by atomic mass is 10.1. The van der Waals surface area contributed by atoms with Crippen molar-refractivity contribution >= 4 is 17.6 Å². The third-order valence-electron chi connectivity index (χ3n) is 3.54. The minimum atomic E-state index is -0.992. The Morgan fingerprint density at radius 3 is 2.60 bits per heavy atom. The third kappa shape index (κ3) is 3.70. The van der Waals surface area contributed by atoms with Gasteiger partial charge < -0.3 is 19.5 Å². The molecule has 7 heteroatoms. The molecule has 0 bridgehead atoms. The summed E-state index contributed by atoms with van der Waals surface area (Å²) in [6, 6.07) is 12.9. The summed E-state index contributed by atoms with van der Waals surface area (Å²) in [5.74, 6) is 0.0389. The zero-order valence-corrected chi connectivity index (χ0v) is 13.3. The number of benzene rings is 2. The number of rotatable bonds is 4. The Hall–Kier alpha value is -3.53. The molecule has 0 aromatic heterocycles. The second-order valence-electron chi connectivity index (χ2n) is 5.29. The number of carbonyl (C=O) groups is 2. The number of nitrogens with one attached hydrogen (secondary N) is 1. The standard InChI is InChI=1S/C18H14N2O5/c1-11(25-18(22)13-4-2-12(9-19)3-5-13)17(21)20-14-6-7-15-16(8-14)24-10-23-15/h2-8,11H,10H2,1H3,(H,20,21)/t11-/m0/s1. The van der Waals surface area contributed by atoms with Crippen LogP contribution in [0.1, 0.15) is 22.8 Å². The van der Waals surface area contributed by atoms with Crippen molar-refractivity contribution in [3.8, 4) is 17.6 Å². The van der Waals surface area contributed by atoms with Gasteiger partial charge in [0, 0.05) is 11.8 Å². The Bertz CT molecular complexity index is 855. The summed E-state index contributed by atoms with van der Waals surface area (Å²) in [7, 11) is 0. The Labute approximate surface area is 143 Å². The molecule has 126 valence electrons. The average molecular weight is 338 g/mol. The first-order valence-corrected chi connectivity index (χ1v) is 7.48. The van der Waals surface area contributed by atoms with Gasteiger partial charge in [0.25, 0.3) is 5.91 Å². The van der Waals surface area contributed by atoms with E-state index >= 15 is 0 Å². The molecule has 0 saturated carbocycles. The molecular formula is C18H14N2O5. The topological polar surface area (TPSA) is 97.7 Å². The molecule has 3 rings (SSSR count). The first-order valence-electron chi connectivity index (χ1n) is 7.48. The highest BCUT2D eigenvalue weighted by Crippen LogP contribution is 2.34. The molecule has 1 N–H and O–H groups in total. The number of nitrogens with zero attached hydrogens (tertiary/aromatic N) is 1. The van der Waals surface area contributed by atoms with E-state index in [1.807, 2.05) is 6.07 Å². The Morgan fingerprint density at radius 1 is 1.16 bits per heavy atom. The molecule has 0 spiro atoms. The van der Waals surface area contributed by atoms with Gasteiger partial charge in [0.2, 0.25) is 6.79 Å². The Kier molecular flexibility index (Phi) is 4.53. The number of fused-ring (bicyclic) bond motifs is 1. The lowest BCUT2D eigenvalue weighted by Crippen LogP contribution is -2.30. The Balaban J connectivity index is 1.60. The number of esters is 1. The molecule has 0 fully saturated rings. The van der Waals surface area contributed by atoms with E-state index in [-0.39, 0.29) is 12.4 Å². The lowest BCUT2D eigenvalue weighted by molar-refractivity contribution is -0.123. The van der Waals surface area contributed by atoms with Gasteiger partial charge in [-0.05, 0) is 43.3 Å². The van der Waals surface area contributed by atoms with Crippen LogP contribution in [-0.4, -0.2) is 24.8 Å². The van der Waals surface area contributed by atoms with E-state index in [2.05, 4.69) is 5.32 Å². The third-order valence-corrected chi connectivity index (χ3v) is 3.54. The fourth-order valence-corrected chi connectivity index (χ4v) is 2.18. The van der Waals surface area contributed by atoms with Crippen LogP contribution < -0.4 is 14.8 Å². The molecule has 1 heterocycles. The van der Waals surface area contributed by atoms with Crippen LogP contribution in [-0.2, 0) is 9.53 Å². The van der Waals surface area contributed by atoms with Crippen LogP contribution in [0, 0.1) is 11.3 Å². The van der Waals surface area contributed by atoms with Crippen LogP contribution in [0.2, 0.25) is 0 Å². The van der Waals surface area contributed by atoms with Crippen molar-refractivity contribution < 1.29 is 23.8 Å². The number of hydrogen-bond acceptors (Lipinski definition) is 6. The minimum Gasteiger partial charge on any atom is -0.454 e. The molecule has 0 radical (unpaired) electrons. The van der Waals surface area contributed by atoms with E-state index in [1.54, 1.807) is 18.2 Å². The lowest BCUT2D eigenvalue weighted by Gasteiger charge is -2.14. The van der Waals surface area contributed by atoms with E-state index in [0.29, 0.717) is 22.7 Å². The molecule has 1 atom stereocenters. The van der Waals surface area contributed by atoms with Gasteiger partial charge in [0.1, 0.15) is 0 Å². The van der Waals surface area contributed by atoms with E-state index in [0.717, 1.165) is 0 Å². The van der Waals surface area contributed by atoms with Gasteiger partial charge in [-0.15, -0.1) is 0 Å². The zero-order valence-electron chi connectivity index (χ0n) is 13.3. The molecule has 7 nitrogen and oxygen atoms in total. The van der Waals surface area contributed by atoms with E-state index in [9.17, 15) is 9.59 Å². The SMILES string of the molecule is C[C@H](OC(=O)c1ccc(C#N)cc1)C(=O)Nc1ccc2c(c1)OCO2. The molecule has 0 aliphatic carbocycles. The first-order chi connectivity index (χ1) is 12.1. The van der Waals surface area contributed by atoms with E-state index in [4.69, 9.17) is 19.5 Å². The fourth-order valence-electron chi connectivity index (χ4n) is 2.18. The number of ether oxygens (including phenoxy) is 3. The molecule has 0 saturated heterocycles. The van der Waals surface area contributed by atoms with Crippen molar-refractivity contribution in [3.05, 3.63) is 53.6 Å². The number of amides is 1. The van der Waals surface area contributed by atoms with E-state index < -0.39 is 18.0 Å². The largest absolute Gasteiger partial charge is 0.454 e. The molecule has 0 unspecified atom stereocenters. The molecule has 1 amide bonds. The van der Waals surface area contributed by atoms with Crippen LogP contribution in [0.4, 0.5) is 5.69 Å².